The number of carbonyl (C=O) groups is 1. The number of halogens is 1. The Hall–Kier alpha value is -3.61. The Morgan fingerprint density at radius 2 is 1.87 bits per heavy atom. The lowest BCUT2D eigenvalue weighted by molar-refractivity contribution is 0.0767. The van der Waals surface area contributed by atoms with Crippen LogP contribution in [0.2, 0.25) is 0 Å². The first-order valence-electron chi connectivity index (χ1n) is 10.3. The molecule has 2 heterocycles. The summed E-state index contributed by atoms with van der Waals surface area (Å²) in [7, 11) is 1.65. The van der Waals surface area contributed by atoms with Gasteiger partial charge in [-0.05, 0) is 61.0 Å². The maximum absolute atomic E-state index is 13.5. The van der Waals surface area contributed by atoms with E-state index >= 15 is 0 Å². The second-order valence-corrected chi connectivity index (χ2v) is 7.37. The number of aromatic nitrogens is 1. The summed E-state index contributed by atoms with van der Waals surface area (Å²) >= 11 is 0. The van der Waals surface area contributed by atoms with Crippen molar-refractivity contribution in [3.63, 3.8) is 0 Å². The van der Waals surface area contributed by atoms with E-state index in [0.717, 1.165) is 30.9 Å². The fourth-order valence-corrected chi connectivity index (χ4v) is 3.72. The predicted molar refractivity (Wildman–Crippen MR) is 120 cm³/mol. The minimum atomic E-state index is -0.347. The largest absolute Gasteiger partial charge is 0.497 e. The van der Waals surface area contributed by atoms with Crippen molar-refractivity contribution in [2.24, 2.45) is 0 Å². The molecule has 160 valence electrons. The molecule has 0 atom stereocenters. The third-order valence-corrected chi connectivity index (χ3v) is 5.35. The first-order chi connectivity index (χ1) is 15.1. The normalized spacial score (nSPS) is 14.1. The summed E-state index contributed by atoms with van der Waals surface area (Å²) in [4.78, 5) is 21.8. The van der Waals surface area contributed by atoms with Crippen LogP contribution in [0, 0.1) is 5.82 Å². The summed E-state index contributed by atoms with van der Waals surface area (Å²) in [5, 5.41) is 3.07. The molecule has 1 aliphatic rings. The second kappa shape index (κ2) is 9.47. The fourth-order valence-electron chi connectivity index (χ4n) is 3.72. The van der Waals surface area contributed by atoms with Crippen LogP contribution in [0.25, 0.3) is 0 Å². The first-order valence-corrected chi connectivity index (χ1v) is 10.3. The third kappa shape index (κ3) is 4.94. The number of carbonyl (C=O) groups excluding carboxylic acids is 1. The summed E-state index contributed by atoms with van der Waals surface area (Å²) in [5.41, 5.74) is 2.14. The quantitative estimate of drug-likeness (QED) is 0.666. The number of methoxy groups -OCH3 is 1. The van der Waals surface area contributed by atoms with Gasteiger partial charge < -0.3 is 19.9 Å². The van der Waals surface area contributed by atoms with Gasteiger partial charge in [-0.25, -0.2) is 9.37 Å². The Morgan fingerprint density at radius 1 is 1.03 bits per heavy atom. The molecular weight excluding hydrogens is 395 g/mol. The summed E-state index contributed by atoms with van der Waals surface area (Å²) < 4.78 is 18.8. The van der Waals surface area contributed by atoms with Gasteiger partial charge in [0.1, 0.15) is 17.4 Å². The van der Waals surface area contributed by atoms with Gasteiger partial charge >= 0.3 is 0 Å². The highest BCUT2D eigenvalue weighted by atomic mass is 19.1. The molecule has 0 aliphatic carbocycles. The molecule has 1 saturated heterocycles. The van der Waals surface area contributed by atoms with Crippen molar-refractivity contribution >= 4 is 23.1 Å². The zero-order valence-electron chi connectivity index (χ0n) is 17.4. The van der Waals surface area contributed by atoms with E-state index in [1.807, 2.05) is 29.2 Å². The van der Waals surface area contributed by atoms with Gasteiger partial charge in [0.15, 0.2) is 0 Å². The van der Waals surface area contributed by atoms with Crippen molar-refractivity contribution < 1.29 is 13.9 Å². The summed E-state index contributed by atoms with van der Waals surface area (Å²) in [5.74, 6) is 0.822. The van der Waals surface area contributed by atoms with Gasteiger partial charge in [-0.3, -0.25) is 4.79 Å². The van der Waals surface area contributed by atoms with Gasteiger partial charge in [0.05, 0.1) is 12.7 Å². The molecular formula is C24H25FN4O2. The van der Waals surface area contributed by atoms with Gasteiger partial charge in [-0.1, -0.05) is 6.07 Å². The highest BCUT2D eigenvalue weighted by Gasteiger charge is 2.23. The summed E-state index contributed by atoms with van der Waals surface area (Å²) in [6, 6.07) is 17.6. The third-order valence-electron chi connectivity index (χ3n) is 5.35. The second-order valence-electron chi connectivity index (χ2n) is 7.37. The average Bonchev–Trinajstić information content (AvgIpc) is 3.05. The lowest BCUT2D eigenvalue weighted by atomic mass is 10.2. The number of ether oxygens (including phenoxy) is 1. The molecule has 2 aromatic carbocycles. The number of rotatable bonds is 5. The predicted octanol–water partition coefficient (Wildman–Crippen LogP) is 4.33. The van der Waals surface area contributed by atoms with E-state index in [1.54, 1.807) is 37.6 Å². The van der Waals surface area contributed by atoms with E-state index in [-0.39, 0.29) is 11.7 Å². The number of nitrogens with one attached hydrogen (secondary N) is 1. The molecule has 4 rings (SSSR count). The van der Waals surface area contributed by atoms with Gasteiger partial charge in [0.2, 0.25) is 0 Å². The SMILES string of the molecule is COc1ccc(N2CCCN(C(=O)c3cccnc3Nc3cccc(F)c3)CC2)cc1. The Labute approximate surface area is 181 Å². The van der Waals surface area contributed by atoms with Crippen LogP contribution in [0.1, 0.15) is 16.8 Å². The van der Waals surface area contributed by atoms with Gasteiger partial charge in [-0.15, -0.1) is 0 Å². The van der Waals surface area contributed by atoms with Crippen LogP contribution in [0.4, 0.5) is 21.6 Å². The number of anilines is 3. The van der Waals surface area contributed by atoms with Crippen LogP contribution >= 0.6 is 0 Å². The van der Waals surface area contributed by atoms with Gasteiger partial charge in [-0.2, -0.15) is 0 Å². The monoisotopic (exact) mass is 420 g/mol. The molecule has 0 radical (unpaired) electrons. The Balaban J connectivity index is 1.47. The maximum atomic E-state index is 13.5. The van der Waals surface area contributed by atoms with Crippen molar-refractivity contribution in [1.29, 1.82) is 0 Å². The Bertz CT molecular complexity index is 1040. The number of pyridine rings is 1. The molecule has 1 N–H and O–H groups in total. The summed E-state index contributed by atoms with van der Waals surface area (Å²) in [6.07, 6.45) is 2.48. The minimum absolute atomic E-state index is 0.0800. The van der Waals surface area contributed by atoms with Crippen molar-refractivity contribution in [2.75, 3.05) is 43.5 Å². The number of hydrogen-bond donors (Lipinski definition) is 1. The molecule has 0 bridgehead atoms. The Morgan fingerprint density at radius 3 is 2.65 bits per heavy atom. The fraction of sp³-hybridized carbons (Fsp3) is 0.250. The van der Waals surface area contributed by atoms with Crippen molar-refractivity contribution in [2.45, 2.75) is 6.42 Å². The first kappa shape index (κ1) is 20.7. The molecule has 1 aromatic heterocycles. The van der Waals surface area contributed by atoms with Crippen molar-refractivity contribution in [1.82, 2.24) is 9.88 Å². The topological polar surface area (TPSA) is 57.7 Å². The molecule has 7 heteroatoms. The van der Waals surface area contributed by atoms with Gasteiger partial charge in [0, 0.05) is 43.8 Å². The Kier molecular flexibility index (Phi) is 6.31. The van der Waals surface area contributed by atoms with E-state index in [9.17, 15) is 9.18 Å². The van der Waals surface area contributed by atoms with E-state index < -0.39 is 0 Å². The lowest BCUT2D eigenvalue weighted by Crippen LogP contribution is -2.35. The van der Waals surface area contributed by atoms with Crippen LogP contribution in [0.5, 0.6) is 5.75 Å². The molecule has 6 nitrogen and oxygen atoms in total. The van der Waals surface area contributed by atoms with Crippen LogP contribution in [-0.4, -0.2) is 49.1 Å². The molecule has 1 fully saturated rings. The summed E-state index contributed by atoms with van der Waals surface area (Å²) in [6.45, 7) is 2.89. The number of nitrogens with zero attached hydrogens (tertiary/aromatic N) is 3. The van der Waals surface area contributed by atoms with E-state index in [2.05, 4.69) is 15.2 Å². The lowest BCUT2D eigenvalue weighted by Gasteiger charge is -2.24. The number of hydrogen-bond acceptors (Lipinski definition) is 5. The number of benzene rings is 2. The zero-order valence-corrected chi connectivity index (χ0v) is 17.4. The minimum Gasteiger partial charge on any atom is -0.497 e. The van der Waals surface area contributed by atoms with E-state index in [4.69, 9.17) is 4.74 Å². The molecule has 0 saturated carbocycles. The standard InChI is InChI=1S/C24H25FN4O2/c1-31-21-10-8-20(9-11-21)28-13-4-14-29(16-15-28)24(30)22-7-3-12-26-23(22)27-19-6-2-5-18(25)17-19/h2-3,5-12,17H,4,13-16H2,1H3,(H,26,27). The molecule has 0 spiro atoms. The van der Waals surface area contributed by atoms with Crippen molar-refractivity contribution in [3.05, 3.63) is 78.2 Å². The zero-order chi connectivity index (χ0) is 21.6. The smallest absolute Gasteiger partial charge is 0.257 e. The maximum Gasteiger partial charge on any atom is 0.257 e. The molecule has 31 heavy (non-hydrogen) atoms. The number of amides is 1. The van der Waals surface area contributed by atoms with Gasteiger partial charge in [0.25, 0.3) is 5.91 Å². The van der Waals surface area contributed by atoms with Crippen molar-refractivity contribution in [3.8, 4) is 5.75 Å². The highest BCUT2D eigenvalue weighted by Crippen LogP contribution is 2.23. The highest BCUT2D eigenvalue weighted by molar-refractivity contribution is 5.99. The van der Waals surface area contributed by atoms with E-state index in [0.29, 0.717) is 30.2 Å². The average molecular weight is 420 g/mol. The van der Waals surface area contributed by atoms with Crippen LogP contribution in [0.3, 0.4) is 0 Å². The van der Waals surface area contributed by atoms with Crippen LogP contribution in [0.15, 0.2) is 66.9 Å². The molecule has 3 aromatic rings. The molecule has 1 aliphatic heterocycles. The van der Waals surface area contributed by atoms with Crippen LogP contribution in [-0.2, 0) is 0 Å². The van der Waals surface area contributed by atoms with E-state index in [1.165, 1.54) is 12.1 Å². The molecule has 1 amide bonds. The van der Waals surface area contributed by atoms with Crippen LogP contribution < -0.4 is 15.0 Å². The molecule has 0 unspecified atom stereocenters.